The van der Waals surface area contributed by atoms with Gasteiger partial charge in [-0.2, -0.15) is 0 Å². The number of nitrogen functional groups attached to an aromatic ring is 1. The van der Waals surface area contributed by atoms with Gasteiger partial charge in [0.2, 0.25) is 0 Å². The first kappa shape index (κ1) is 13.6. The number of hydrogen-bond acceptors (Lipinski definition) is 6. The van der Waals surface area contributed by atoms with Crippen molar-refractivity contribution in [2.45, 2.75) is 6.42 Å². The Morgan fingerprint density at radius 1 is 1.16 bits per heavy atom. The first-order chi connectivity index (χ1) is 9.20. The van der Waals surface area contributed by atoms with Gasteiger partial charge in [0.1, 0.15) is 22.4 Å². The van der Waals surface area contributed by atoms with E-state index in [0.29, 0.717) is 22.7 Å². The molecule has 100 valence electrons. The highest BCUT2D eigenvalue weighted by atomic mass is 79.9. The zero-order valence-electron chi connectivity index (χ0n) is 10.1. The van der Waals surface area contributed by atoms with Crippen molar-refractivity contribution in [3.63, 3.8) is 0 Å². The average molecular weight is 324 g/mol. The van der Waals surface area contributed by atoms with Crippen molar-refractivity contribution < 1.29 is 5.11 Å². The predicted molar refractivity (Wildman–Crippen MR) is 77.8 cm³/mol. The standard InChI is InChI=1S/C12H14BrN5O/c13-10-11(16-7-17-12(10)18-14)15-6-5-8-1-3-9(19)4-2-8/h1-4,7,19H,5-6,14H2,(H2,15,16,17,18). The predicted octanol–water partition coefficient (Wildman–Crippen LogP) is 1.88. The van der Waals surface area contributed by atoms with Crippen LogP contribution in [0.3, 0.4) is 0 Å². The molecule has 7 heteroatoms. The van der Waals surface area contributed by atoms with Gasteiger partial charge in [-0.05, 0) is 40.0 Å². The van der Waals surface area contributed by atoms with E-state index in [4.69, 9.17) is 5.84 Å². The highest BCUT2D eigenvalue weighted by molar-refractivity contribution is 9.10. The van der Waals surface area contributed by atoms with Gasteiger partial charge in [0, 0.05) is 6.54 Å². The zero-order chi connectivity index (χ0) is 13.7. The number of phenols is 1. The highest BCUT2D eigenvalue weighted by Gasteiger charge is 2.06. The minimum absolute atomic E-state index is 0.272. The number of rotatable bonds is 5. The number of aromatic nitrogens is 2. The molecule has 1 aromatic carbocycles. The van der Waals surface area contributed by atoms with Crippen molar-refractivity contribution in [3.05, 3.63) is 40.6 Å². The summed E-state index contributed by atoms with van der Waals surface area (Å²) in [4.78, 5) is 8.10. The molecule has 0 aliphatic carbocycles. The van der Waals surface area contributed by atoms with Gasteiger partial charge in [0.05, 0.1) is 0 Å². The quantitative estimate of drug-likeness (QED) is 0.495. The van der Waals surface area contributed by atoms with Gasteiger partial charge in [-0.1, -0.05) is 12.1 Å². The molecule has 1 heterocycles. The van der Waals surface area contributed by atoms with Crippen LogP contribution in [0.5, 0.6) is 5.75 Å². The number of aromatic hydroxyl groups is 1. The minimum Gasteiger partial charge on any atom is -0.508 e. The molecule has 0 fully saturated rings. The number of anilines is 2. The Bertz CT molecular complexity index is 546. The number of nitrogens with two attached hydrogens (primary N) is 1. The number of benzene rings is 1. The summed E-state index contributed by atoms with van der Waals surface area (Å²) >= 11 is 3.37. The number of phenolic OH excluding ortho intramolecular Hbond substituents is 1. The van der Waals surface area contributed by atoms with E-state index >= 15 is 0 Å². The molecule has 0 amide bonds. The van der Waals surface area contributed by atoms with E-state index in [1.165, 1.54) is 6.33 Å². The maximum absolute atomic E-state index is 9.20. The Morgan fingerprint density at radius 3 is 2.53 bits per heavy atom. The van der Waals surface area contributed by atoms with Gasteiger partial charge < -0.3 is 15.8 Å². The monoisotopic (exact) mass is 323 g/mol. The lowest BCUT2D eigenvalue weighted by molar-refractivity contribution is 0.475. The first-order valence-electron chi connectivity index (χ1n) is 5.69. The number of hydrogen-bond donors (Lipinski definition) is 4. The molecular formula is C12H14BrN5O. The summed E-state index contributed by atoms with van der Waals surface area (Å²) < 4.78 is 0.697. The molecule has 2 aromatic rings. The van der Waals surface area contributed by atoms with Crippen molar-refractivity contribution >= 4 is 27.6 Å². The summed E-state index contributed by atoms with van der Waals surface area (Å²) in [6.07, 6.45) is 2.25. The lowest BCUT2D eigenvalue weighted by Gasteiger charge is -2.09. The molecule has 0 bridgehead atoms. The zero-order valence-corrected chi connectivity index (χ0v) is 11.7. The lowest BCUT2D eigenvalue weighted by atomic mass is 10.1. The van der Waals surface area contributed by atoms with Crippen LogP contribution < -0.4 is 16.6 Å². The largest absolute Gasteiger partial charge is 0.508 e. The van der Waals surface area contributed by atoms with Crippen molar-refractivity contribution in [1.82, 2.24) is 9.97 Å². The van der Waals surface area contributed by atoms with Crippen LogP contribution in [0.15, 0.2) is 35.1 Å². The van der Waals surface area contributed by atoms with Crippen LogP contribution in [0.4, 0.5) is 11.6 Å². The number of nitrogens with one attached hydrogen (secondary N) is 2. The van der Waals surface area contributed by atoms with Gasteiger partial charge in [-0.25, -0.2) is 15.8 Å². The summed E-state index contributed by atoms with van der Waals surface area (Å²) in [6, 6.07) is 7.12. The van der Waals surface area contributed by atoms with E-state index in [-0.39, 0.29) is 5.75 Å². The van der Waals surface area contributed by atoms with Crippen LogP contribution in [0, 0.1) is 0 Å². The van der Waals surface area contributed by atoms with E-state index in [1.54, 1.807) is 12.1 Å². The third kappa shape index (κ3) is 3.55. The Hall–Kier alpha value is -1.86. The molecule has 0 aliphatic rings. The van der Waals surface area contributed by atoms with Crippen LogP contribution in [0.1, 0.15) is 5.56 Å². The molecule has 2 rings (SSSR count). The Labute approximate surface area is 119 Å². The van der Waals surface area contributed by atoms with E-state index in [1.807, 2.05) is 12.1 Å². The van der Waals surface area contributed by atoms with Crippen LogP contribution in [0.2, 0.25) is 0 Å². The van der Waals surface area contributed by atoms with Crippen molar-refractivity contribution in [2.24, 2.45) is 5.84 Å². The summed E-state index contributed by atoms with van der Waals surface area (Å²) in [7, 11) is 0. The van der Waals surface area contributed by atoms with E-state index in [2.05, 4.69) is 36.6 Å². The third-order valence-electron chi connectivity index (χ3n) is 2.57. The molecule has 5 N–H and O–H groups in total. The Kier molecular flexibility index (Phi) is 4.53. The Morgan fingerprint density at radius 2 is 1.84 bits per heavy atom. The van der Waals surface area contributed by atoms with E-state index in [0.717, 1.165) is 12.0 Å². The fourth-order valence-electron chi connectivity index (χ4n) is 1.58. The molecule has 0 atom stereocenters. The Balaban J connectivity index is 1.94. The lowest BCUT2D eigenvalue weighted by Crippen LogP contribution is -2.12. The number of halogens is 1. The molecule has 6 nitrogen and oxygen atoms in total. The number of nitrogens with zero attached hydrogens (tertiary/aromatic N) is 2. The molecule has 1 aromatic heterocycles. The second kappa shape index (κ2) is 6.35. The SMILES string of the molecule is NNc1ncnc(NCCc2ccc(O)cc2)c1Br. The van der Waals surface area contributed by atoms with Crippen molar-refractivity contribution in [3.8, 4) is 5.75 Å². The maximum atomic E-state index is 9.20. The fraction of sp³-hybridized carbons (Fsp3) is 0.167. The smallest absolute Gasteiger partial charge is 0.159 e. The van der Waals surface area contributed by atoms with Crippen molar-refractivity contribution in [1.29, 1.82) is 0 Å². The van der Waals surface area contributed by atoms with Gasteiger partial charge in [-0.3, -0.25) is 0 Å². The summed E-state index contributed by atoms with van der Waals surface area (Å²) in [5, 5.41) is 12.4. The first-order valence-corrected chi connectivity index (χ1v) is 6.49. The minimum atomic E-state index is 0.272. The van der Waals surface area contributed by atoms with Crippen LogP contribution in [0.25, 0.3) is 0 Å². The summed E-state index contributed by atoms with van der Waals surface area (Å²) in [6.45, 7) is 0.713. The molecule has 0 spiro atoms. The topological polar surface area (TPSA) is 96.1 Å². The molecule has 0 unspecified atom stereocenters. The molecule has 0 radical (unpaired) electrons. The second-order valence-corrected chi connectivity index (χ2v) is 4.67. The summed E-state index contributed by atoms with van der Waals surface area (Å²) in [5.74, 6) is 6.82. The van der Waals surface area contributed by atoms with Gasteiger partial charge in [-0.15, -0.1) is 0 Å². The van der Waals surface area contributed by atoms with Crippen LogP contribution in [-0.4, -0.2) is 21.6 Å². The molecule has 0 saturated carbocycles. The fourth-order valence-corrected chi connectivity index (χ4v) is 2.04. The van der Waals surface area contributed by atoms with Gasteiger partial charge in [0.25, 0.3) is 0 Å². The van der Waals surface area contributed by atoms with Crippen LogP contribution >= 0.6 is 15.9 Å². The van der Waals surface area contributed by atoms with Crippen molar-refractivity contribution in [2.75, 3.05) is 17.3 Å². The van der Waals surface area contributed by atoms with E-state index < -0.39 is 0 Å². The molecule has 0 saturated heterocycles. The highest BCUT2D eigenvalue weighted by Crippen LogP contribution is 2.25. The maximum Gasteiger partial charge on any atom is 0.159 e. The second-order valence-electron chi connectivity index (χ2n) is 3.87. The van der Waals surface area contributed by atoms with E-state index in [9.17, 15) is 5.11 Å². The summed E-state index contributed by atoms with van der Waals surface area (Å²) in [5.41, 5.74) is 3.62. The molecule has 0 aliphatic heterocycles. The normalized spacial score (nSPS) is 10.2. The molecular weight excluding hydrogens is 310 g/mol. The third-order valence-corrected chi connectivity index (χ3v) is 3.32. The van der Waals surface area contributed by atoms with Gasteiger partial charge >= 0.3 is 0 Å². The molecule has 19 heavy (non-hydrogen) atoms. The van der Waals surface area contributed by atoms with Crippen LogP contribution in [-0.2, 0) is 6.42 Å². The van der Waals surface area contributed by atoms with Gasteiger partial charge in [0.15, 0.2) is 5.82 Å². The average Bonchev–Trinajstić information content (AvgIpc) is 2.43. The number of hydrazine groups is 1.